The van der Waals surface area contributed by atoms with Gasteiger partial charge in [0.25, 0.3) is 5.91 Å². The lowest BCUT2D eigenvalue weighted by molar-refractivity contribution is -0.137. The Morgan fingerprint density at radius 1 is 0.719 bits per heavy atom. The molecule has 2 fully saturated rings. The lowest BCUT2D eigenvalue weighted by Crippen LogP contribution is -2.54. The van der Waals surface area contributed by atoms with Gasteiger partial charge in [-0.2, -0.15) is 0 Å². The fraction of sp³-hybridized carbons (Fsp3) is 0.404. The van der Waals surface area contributed by atoms with E-state index in [1.165, 1.54) is 21.3 Å². The summed E-state index contributed by atoms with van der Waals surface area (Å²) in [5.41, 5.74) is 7.88. The highest BCUT2D eigenvalue weighted by Crippen LogP contribution is 2.51. The highest BCUT2D eigenvalue weighted by atomic mass is 16.5. The number of aromatic nitrogens is 4. The first-order valence-corrected chi connectivity index (χ1v) is 21.5. The van der Waals surface area contributed by atoms with E-state index >= 15 is 0 Å². The summed E-state index contributed by atoms with van der Waals surface area (Å²) in [4.78, 5) is 72.7. The van der Waals surface area contributed by atoms with Gasteiger partial charge >= 0.3 is 12.2 Å². The Hall–Kier alpha value is -6.88. The number of imidazole rings is 2. The van der Waals surface area contributed by atoms with E-state index in [0.29, 0.717) is 56.4 Å². The fourth-order valence-electron chi connectivity index (χ4n) is 9.55. The van der Waals surface area contributed by atoms with Crippen molar-refractivity contribution in [1.29, 1.82) is 0 Å². The molecule has 9 rings (SSSR count). The van der Waals surface area contributed by atoms with E-state index in [1.807, 2.05) is 42.5 Å². The summed E-state index contributed by atoms with van der Waals surface area (Å²) in [6, 6.07) is 14.8. The topological polar surface area (TPSA) is 202 Å². The van der Waals surface area contributed by atoms with Gasteiger partial charge in [-0.25, -0.2) is 19.6 Å². The normalized spacial score (nSPS) is 20.9. The second-order valence-electron chi connectivity index (χ2n) is 17.2. The Morgan fingerprint density at radius 3 is 1.72 bits per heavy atom. The maximum atomic E-state index is 14.2. The summed E-state index contributed by atoms with van der Waals surface area (Å²) in [7, 11) is 4.03. The highest BCUT2D eigenvalue weighted by Gasteiger charge is 2.42. The first-order chi connectivity index (χ1) is 30.9. The number of hydrogen-bond donors (Lipinski definition) is 4. The molecule has 4 aliphatic rings. The van der Waals surface area contributed by atoms with Crippen LogP contribution < -0.4 is 20.1 Å². The van der Waals surface area contributed by atoms with Gasteiger partial charge in [0.2, 0.25) is 5.91 Å². The van der Waals surface area contributed by atoms with Gasteiger partial charge in [-0.05, 0) is 61.4 Å². The lowest BCUT2D eigenvalue weighted by Gasteiger charge is -2.30. The van der Waals surface area contributed by atoms with Crippen molar-refractivity contribution in [2.75, 3.05) is 34.4 Å². The smallest absolute Gasteiger partial charge is 0.407 e. The van der Waals surface area contributed by atoms with E-state index in [9.17, 15) is 19.2 Å². The number of nitrogens with one attached hydrogen (secondary N) is 4. The summed E-state index contributed by atoms with van der Waals surface area (Å²) >= 11 is 0. The summed E-state index contributed by atoms with van der Waals surface area (Å²) in [5.74, 6) is 2.69. The molecule has 5 aromatic rings. The van der Waals surface area contributed by atoms with Gasteiger partial charge < -0.3 is 54.1 Å². The average molecular weight is 873 g/mol. The van der Waals surface area contributed by atoms with E-state index in [0.717, 1.165) is 56.3 Å². The van der Waals surface area contributed by atoms with Crippen LogP contribution in [0.5, 0.6) is 11.5 Å². The Balaban J connectivity index is 0.953. The van der Waals surface area contributed by atoms with Crippen molar-refractivity contribution in [3.05, 3.63) is 95.3 Å². The van der Waals surface area contributed by atoms with Crippen LogP contribution in [0.15, 0.2) is 67.0 Å². The van der Waals surface area contributed by atoms with E-state index in [-0.39, 0.29) is 35.7 Å². The molecule has 334 valence electrons. The van der Waals surface area contributed by atoms with Gasteiger partial charge in [0, 0.05) is 53.6 Å². The number of alkyl carbamates (subject to hydrolysis) is 2. The molecular formula is C47H52N8O9. The number of ether oxygens (including phenoxy) is 5. The molecule has 7 atom stereocenters. The van der Waals surface area contributed by atoms with E-state index < -0.39 is 30.4 Å². The average Bonchev–Trinajstić information content (AvgIpc) is 4.15. The molecule has 3 unspecified atom stereocenters. The number of aromatic amines is 2. The summed E-state index contributed by atoms with van der Waals surface area (Å²) < 4.78 is 28.1. The van der Waals surface area contributed by atoms with Crippen molar-refractivity contribution in [2.45, 2.75) is 77.1 Å². The molecule has 0 radical (unpaired) electrons. The van der Waals surface area contributed by atoms with Crippen LogP contribution in [-0.4, -0.2) is 100 Å². The summed E-state index contributed by atoms with van der Waals surface area (Å²) in [6.45, 7) is 7.57. The Kier molecular flexibility index (Phi) is 11.5. The maximum absolute atomic E-state index is 14.2. The highest BCUT2D eigenvalue weighted by molar-refractivity contribution is 5.90. The maximum Gasteiger partial charge on any atom is 0.407 e. The molecule has 17 heteroatoms. The van der Waals surface area contributed by atoms with Gasteiger partial charge in [0.05, 0.1) is 56.2 Å². The van der Waals surface area contributed by atoms with Crippen LogP contribution in [0.25, 0.3) is 33.6 Å². The number of likely N-dealkylation sites (tertiary alicyclic amines) is 2. The van der Waals surface area contributed by atoms with Crippen molar-refractivity contribution in [1.82, 2.24) is 40.4 Å². The Morgan fingerprint density at radius 2 is 1.22 bits per heavy atom. The molecule has 17 nitrogen and oxygen atoms in total. The molecule has 4 amide bonds. The summed E-state index contributed by atoms with van der Waals surface area (Å²) in [6.07, 6.45) is 2.98. The number of methoxy groups -OCH3 is 3. The van der Waals surface area contributed by atoms with Gasteiger partial charge in [-0.1, -0.05) is 44.2 Å². The molecule has 6 heterocycles. The molecular weight excluding hydrogens is 821 g/mol. The zero-order valence-electron chi connectivity index (χ0n) is 36.6. The molecule has 4 N–H and O–H groups in total. The van der Waals surface area contributed by atoms with Crippen molar-refractivity contribution >= 4 is 24.0 Å². The first kappa shape index (κ1) is 42.4. The largest absolute Gasteiger partial charge is 0.488 e. The van der Waals surface area contributed by atoms with E-state index in [4.69, 9.17) is 33.7 Å². The SMILES string of the molecule is COC(=O)NC(C(=O)N1C[C@@H](C)C[C@H]1c1ncc(-c2cc3c4c(c2)OCc2cc(-c5cnc(C6C[C@H](C)CN6C(=O)C(NC(=O)OC)[C@@H](C)OC)[nH]5)cc(c2-4)OC3)[nH]1)c1ccccc1. The number of H-pyrrole nitrogens is 2. The molecule has 3 aromatic carbocycles. The third-order valence-corrected chi connectivity index (χ3v) is 12.8. The van der Waals surface area contributed by atoms with Crippen molar-refractivity contribution < 1.29 is 42.9 Å². The number of hydrogen-bond acceptors (Lipinski definition) is 11. The molecule has 0 saturated carbocycles. The fourth-order valence-corrected chi connectivity index (χ4v) is 9.55. The monoisotopic (exact) mass is 872 g/mol. The van der Waals surface area contributed by atoms with Crippen LogP contribution in [0.1, 0.15) is 80.1 Å². The predicted molar refractivity (Wildman–Crippen MR) is 233 cm³/mol. The lowest BCUT2D eigenvalue weighted by atomic mass is 9.87. The van der Waals surface area contributed by atoms with E-state index in [2.05, 4.69) is 46.6 Å². The third kappa shape index (κ3) is 7.88. The number of carbonyl (C=O) groups excluding carboxylic acids is 4. The number of benzene rings is 3. The minimum Gasteiger partial charge on any atom is -0.488 e. The van der Waals surface area contributed by atoms with Crippen LogP contribution in [0, 0.1) is 11.8 Å². The number of amides is 4. The first-order valence-electron chi connectivity index (χ1n) is 21.5. The predicted octanol–water partition coefficient (Wildman–Crippen LogP) is 6.59. The van der Waals surface area contributed by atoms with Crippen LogP contribution in [0.2, 0.25) is 0 Å². The molecule has 0 spiro atoms. The van der Waals surface area contributed by atoms with Crippen molar-refractivity contribution in [3.8, 4) is 45.1 Å². The Bertz CT molecular complexity index is 2540. The van der Waals surface area contributed by atoms with Crippen molar-refractivity contribution in [2.24, 2.45) is 11.8 Å². The van der Waals surface area contributed by atoms with Crippen molar-refractivity contribution in [3.63, 3.8) is 0 Å². The third-order valence-electron chi connectivity index (χ3n) is 12.8. The van der Waals surface area contributed by atoms with Gasteiger partial charge in [-0.3, -0.25) is 9.59 Å². The Labute approximate surface area is 370 Å². The molecule has 0 aliphatic carbocycles. The minimum absolute atomic E-state index is 0.205. The van der Waals surface area contributed by atoms with E-state index in [1.54, 1.807) is 29.1 Å². The second kappa shape index (κ2) is 17.4. The van der Waals surface area contributed by atoms with Gasteiger partial charge in [0.1, 0.15) is 48.4 Å². The summed E-state index contributed by atoms with van der Waals surface area (Å²) in [5, 5.41) is 5.38. The minimum atomic E-state index is -0.937. The van der Waals surface area contributed by atoms with Crippen LogP contribution in [-0.2, 0) is 37.0 Å². The molecule has 4 aliphatic heterocycles. The quantitative estimate of drug-likeness (QED) is 0.112. The molecule has 2 aromatic heterocycles. The molecule has 2 saturated heterocycles. The number of nitrogens with zero attached hydrogens (tertiary/aromatic N) is 4. The van der Waals surface area contributed by atoms with Gasteiger partial charge in [-0.15, -0.1) is 0 Å². The number of carbonyl (C=O) groups is 4. The van der Waals surface area contributed by atoms with Crippen LogP contribution >= 0.6 is 0 Å². The second-order valence-corrected chi connectivity index (χ2v) is 17.2. The standard InChI is InChI=1S/C47H52N8O9/c1-24-12-34(54(20-24)44(56)40(26(3)60-4)52-46(58)61-5)42-48-18-32(50-42)28-14-30-22-64-37-17-29(15-31-23-63-36(16-28)38(30)39(31)37)33-19-49-43(51-33)35-13-25(2)21-55(35)45(57)41(53-47(59)62-6)27-10-8-7-9-11-27/h7-11,14-19,24-26,34-35,40-41H,12-13,20-23H2,1-6H3,(H,48,50)(H,49,51)(H,52,58)(H,53,59)/t24-,25-,26+,34?,35-,40?,41?/m0/s1. The zero-order valence-corrected chi connectivity index (χ0v) is 36.6. The zero-order chi connectivity index (χ0) is 44.8. The molecule has 0 bridgehead atoms. The number of rotatable bonds is 11. The van der Waals surface area contributed by atoms with Crippen LogP contribution in [0.4, 0.5) is 9.59 Å². The van der Waals surface area contributed by atoms with Gasteiger partial charge in [0.15, 0.2) is 0 Å². The van der Waals surface area contributed by atoms with Crippen LogP contribution in [0.3, 0.4) is 0 Å². The molecule has 64 heavy (non-hydrogen) atoms.